The maximum absolute atomic E-state index is 2.66. The van der Waals surface area contributed by atoms with E-state index in [1.807, 2.05) is 0 Å². The van der Waals surface area contributed by atoms with Crippen molar-refractivity contribution in [2.45, 2.75) is 38.0 Å². The highest BCUT2D eigenvalue weighted by Gasteiger charge is 2.20. The van der Waals surface area contributed by atoms with Gasteiger partial charge in [0.15, 0.2) is 0 Å². The number of benzene rings is 3. The van der Waals surface area contributed by atoms with Crippen molar-refractivity contribution in [1.29, 1.82) is 0 Å². The highest BCUT2D eigenvalue weighted by Crippen LogP contribution is 2.34. The van der Waals surface area contributed by atoms with Crippen molar-refractivity contribution < 1.29 is 0 Å². The summed E-state index contributed by atoms with van der Waals surface area (Å²) in [6.45, 7) is 3.60. The van der Waals surface area contributed by atoms with Crippen LogP contribution in [0.25, 0.3) is 5.57 Å². The van der Waals surface area contributed by atoms with E-state index < -0.39 is 0 Å². The fourth-order valence-electron chi connectivity index (χ4n) is 5.24. The molecule has 1 heterocycles. The van der Waals surface area contributed by atoms with Crippen LogP contribution in [0.5, 0.6) is 0 Å². The van der Waals surface area contributed by atoms with Crippen LogP contribution in [0.3, 0.4) is 0 Å². The van der Waals surface area contributed by atoms with Gasteiger partial charge in [-0.15, -0.1) is 12.4 Å². The molecule has 0 atom stereocenters. The van der Waals surface area contributed by atoms with Crippen molar-refractivity contribution in [3.63, 3.8) is 0 Å². The molecule has 1 aliphatic heterocycles. The lowest BCUT2D eigenvalue weighted by Crippen LogP contribution is -2.33. The lowest BCUT2D eigenvalue weighted by atomic mass is 9.89. The zero-order chi connectivity index (χ0) is 20.2. The molecule has 0 aromatic heterocycles. The van der Waals surface area contributed by atoms with Gasteiger partial charge in [-0.3, -0.25) is 0 Å². The molecule has 1 saturated heterocycles. The topological polar surface area (TPSA) is 3.24 Å². The van der Waals surface area contributed by atoms with Gasteiger partial charge in [-0.1, -0.05) is 84.9 Å². The number of fused-ring (bicyclic) bond motifs is 2. The predicted octanol–water partition coefficient (Wildman–Crippen LogP) is 6.91. The molecule has 5 rings (SSSR count). The first-order valence-electron chi connectivity index (χ1n) is 11.5. The quantitative estimate of drug-likeness (QED) is 0.435. The van der Waals surface area contributed by atoms with Crippen molar-refractivity contribution >= 4 is 18.0 Å². The largest absolute Gasteiger partial charge is 0.303 e. The predicted molar refractivity (Wildman–Crippen MR) is 134 cm³/mol. The Balaban J connectivity index is 0.00000231. The van der Waals surface area contributed by atoms with Gasteiger partial charge < -0.3 is 4.90 Å². The molecule has 0 N–H and O–H groups in total. The molecule has 1 aliphatic carbocycles. The monoisotopic (exact) mass is 429 g/mol. The first-order chi connectivity index (χ1) is 14.9. The van der Waals surface area contributed by atoms with Crippen LogP contribution in [0.15, 0.2) is 84.9 Å². The molecule has 0 saturated carbocycles. The third kappa shape index (κ3) is 4.95. The van der Waals surface area contributed by atoms with Crippen LogP contribution in [0, 0.1) is 0 Å². The number of piperidine rings is 1. The molecular weight excluding hydrogens is 398 g/mol. The standard InChI is InChI=1S/C29H31N.ClH/c1-2-9-23(10-3-1)24-18-21-30(22-19-24)20-8-15-29-27-13-6-4-11-25(27)16-17-26-12-5-7-14-28(26)29;/h1-7,9-15,24H,8,16-22H2;1H. The molecule has 160 valence electrons. The second-order valence-corrected chi connectivity index (χ2v) is 8.75. The number of hydrogen-bond donors (Lipinski definition) is 0. The molecule has 0 unspecified atom stereocenters. The molecule has 0 spiro atoms. The van der Waals surface area contributed by atoms with Gasteiger partial charge in [0, 0.05) is 6.54 Å². The van der Waals surface area contributed by atoms with E-state index in [-0.39, 0.29) is 12.4 Å². The third-order valence-corrected chi connectivity index (χ3v) is 6.93. The molecule has 2 heteroatoms. The molecular formula is C29H32ClN. The van der Waals surface area contributed by atoms with Crippen molar-refractivity contribution in [2.75, 3.05) is 19.6 Å². The summed E-state index contributed by atoms with van der Waals surface area (Å²) in [5.41, 5.74) is 8.81. The highest BCUT2D eigenvalue weighted by atomic mass is 35.5. The van der Waals surface area contributed by atoms with E-state index in [1.54, 1.807) is 0 Å². The number of halogens is 1. The minimum Gasteiger partial charge on any atom is -0.303 e. The third-order valence-electron chi connectivity index (χ3n) is 6.93. The van der Waals surface area contributed by atoms with Gasteiger partial charge >= 0.3 is 0 Å². The fraction of sp³-hybridized carbons (Fsp3) is 0.310. The van der Waals surface area contributed by atoms with Crippen molar-refractivity contribution in [3.8, 4) is 0 Å². The van der Waals surface area contributed by atoms with Crippen LogP contribution in [0.2, 0.25) is 0 Å². The average Bonchev–Trinajstić information content (AvgIpc) is 2.97. The van der Waals surface area contributed by atoms with E-state index in [0.29, 0.717) is 0 Å². The van der Waals surface area contributed by atoms with E-state index >= 15 is 0 Å². The Labute approximate surface area is 193 Å². The minimum atomic E-state index is 0. The maximum Gasteiger partial charge on any atom is 0.00162 e. The molecule has 0 bridgehead atoms. The summed E-state index contributed by atoms with van der Waals surface area (Å²) in [7, 11) is 0. The van der Waals surface area contributed by atoms with E-state index in [2.05, 4.69) is 89.8 Å². The lowest BCUT2D eigenvalue weighted by molar-refractivity contribution is 0.216. The summed E-state index contributed by atoms with van der Waals surface area (Å²) in [6, 6.07) is 29.1. The summed E-state index contributed by atoms with van der Waals surface area (Å²) in [5.74, 6) is 0.737. The molecule has 0 radical (unpaired) electrons. The Kier molecular flexibility index (Phi) is 7.27. The lowest BCUT2D eigenvalue weighted by Gasteiger charge is -2.32. The van der Waals surface area contributed by atoms with Crippen LogP contribution in [0.4, 0.5) is 0 Å². The van der Waals surface area contributed by atoms with E-state index in [1.165, 1.54) is 59.3 Å². The Morgan fingerprint density at radius 2 is 1.26 bits per heavy atom. The molecule has 1 nitrogen and oxygen atoms in total. The fourth-order valence-corrected chi connectivity index (χ4v) is 5.24. The van der Waals surface area contributed by atoms with Crippen LogP contribution in [-0.4, -0.2) is 24.5 Å². The zero-order valence-electron chi connectivity index (χ0n) is 18.2. The van der Waals surface area contributed by atoms with Crippen LogP contribution in [-0.2, 0) is 12.8 Å². The maximum atomic E-state index is 2.66. The Hall–Kier alpha value is -2.35. The molecule has 1 fully saturated rings. The number of nitrogens with zero attached hydrogens (tertiary/aromatic N) is 1. The average molecular weight is 430 g/mol. The van der Waals surface area contributed by atoms with Gasteiger partial charge in [-0.25, -0.2) is 0 Å². The zero-order valence-corrected chi connectivity index (χ0v) is 19.0. The van der Waals surface area contributed by atoms with Gasteiger partial charge in [0.05, 0.1) is 0 Å². The summed E-state index contributed by atoms with van der Waals surface area (Å²) in [6.07, 6.45) is 8.47. The molecule has 31 heavy (non-hydrogen) atoms. The van der Waals surface area contributed by atoms with Crippen molar-refractivity contribution in [3.05, 3.63) is 113 Å². The molecule has 2 aliphatic rings. The van der Waals surface area contributed by atoms with Gasteiger partial charge in [-0.2, -0.15) is 0 Å². The minimum absolute atomic E-state index is 0. The second-order valence-electron chi connectivity index (χ2n) is 8.75. The first kappa shape index (κ1) is 21.9. The van der Waals surface area contributed by atoms with E-state index in [9.17, 15) is 0 Å². The van der Waals surface area contributed by atoms with Crippen molar-refractivity contribution in [2.24, 2.45) is 0 Å². The summed E-state index contributed by atoms with van der Waals surface area (Å²) in [4.78, 5) is 2.66. The molecule has 3 aromatic rings. The Morgan fingerprint density at radius 3 is 1.87 bits per heavy atom. The van der Waals surface area contributed by atoms with Crippen LogP contribution >= 0.6 is 12.4 Å². The Morgan fingerprint density at radius 1 is 0.710 bits per heavy atom. The smallest absolute Gasteiger partial charge is 0.00162 e. The van der Waals surface area contributed by atoms with Gasteiger partial charge in [-0.05, 0) is 84.5 Å². The number of aryl methyl sites for hydroxylation is 2. The normalized spacial score (nSPS) is 16.6. The van der Waals surface area contributed by atoms with Crippen LogP contribution < -0.4 is 0 Å². The van der Waals surface area contributed by atoms with Gasteiger partial charge in [0.2, 0.25) is 0 Å². The van der Waals surface area contributed by atoms with Crippen LogP contribution in [0.1, 0.15) is 53.0 Å². The van der Waals surface area contributed by atoms with Gasteiger partial charge in [0.1, 0.15) is 0 Å². The van der Waals surface area contributed by atoms with E-state index in [0.717, 1.165) is 31.7 Å². The van der Waals surface area contributed by atoms with Crippen molar-refractivity contribution in [1.82, 2.24) is 4.90 Å². The highest BCUT2D eigenvalue weighted by molar-refractivity contribution is 5.85. The molecule has 0 amide bonds. The van der Waals surface area contributed by atoms with E-state index in [4.69, 9.17) is 0 Å². The SMILES string of the molecule is C(CCN1CCC(c2ccccc2)CC1)=C1c2ccccc2CCc2ccccc21.Cl. The van der Waals surface area contributed by atoms with Gasteiger partial charge in [0.25, 0.3) is 0 Å². The summed E-state index contributed by atoms with van der Waals surface area (Å²) in [5, 5.41) is 0. The summed E-state index contributed by atoms with van der Waals surface area (Å²) >= 11 is 0. The number of rotatable bonds is 4. The first-order valence-corrected chi connectivity index (χ1v) is 11.5. The number of likely N-dealkylation sites (tertiary alicyclic amines) is 1. The summed E-state index contributed by atoms with van der Waals surface area (Å²) < 4.78 is 0. The number of hydrogen-bond acceptors (Lipinski definition) is 1. The second kappa shape index (κ2) is 10.3. The molecule has 3 aromatic carbocycles. The Bertz CT molecular complexity index is 966.